The summed E-state index contributed by atoms with van der Waals surface area (Å²) in [6, 6.07) is 10.7. The number of halogens is 1. The highest BCUT2D eigenvalue weighted by atomic mass is 35.5. The average molecular weight is 334 g/mol. The van der Waals surface area contributed by atoms with Crippen molar-refractivity contribution in [3.63, 3.8) is 0 Å². The number of rotatable bonds is 7. The summed E-state index contributed by atoms with van der Waals surface area (Å²) in [7, 11) is 0. The molecule has 5 nitrogen and oxygen atoms in total. The monoisotopic (exact) mass is 333 g/mol. The fourth-order valence-electron chi connectivity index (χ4n) is 2.09. The molecule has 1 aliphatic rings. The number of benzene rings is 1. The van der Waals surface area contributed by atoms with Crippen molar-refractivity contribution in [3.8, 4) is 11.8 Å². The first-order valence-electron chi connectivity index (χ1n) is 7.02. The molecule has 0 fully saturated rings. The van der Waals surface area contributed by atoms with Crippen LogP contribution in [0.3, 0.4) is 0 Å². The van der Waals surface area contributed by atoms with E-state index in [1.807, 2.05) is 0 Å². The van der Waals surface area contributed by atoms with Gasteiger partial charge in [-0.2, -0.15) is 5.26 Å². The van der Waals surface area contributed by atoms with Crippen LogP contribution in [0.5, 0.6) is 5.75 Å². The summed E-state index contributed by atoms with van der Waals surface area (Å²) in [5, 5.41) is 18.1. The first-order chi connectivity index (χ1) is 11.1. The number of alkyl halides is 1. The van der Waals surface area contributed by atoms with E-state index in [0.29, 0.717) is 30.2 Å². The lowest BCUT2D eigenvalue weighted by molar-refractivity contribution is -0.164. The molecule has 0 radical (unpaired) electrons. The molecule has 0 heterocycles. The highest BCUT2D eigenvalue weighted by molar-refractivity contribution is 6.18. The smallest absolute Gasteiger partial charge is 0.387 e. The second kappa shape index (κ2) is 7.70. The largest absolute Gasteiger partial charge is 0.476 e. The maximum atomic E-state index is 11.3. The third kappa shape index (κ3) is 4.51. The van der Waals surface area contributed by atoms with Crippen LogP contribution in [-0.4, -0.2) is 23.2 Å². The van der Waals surface area contributed by atoms with Gasteiger partial charge in [0, 0.05) is 17.7 Å². The van der Waals surface area contributed by atoms with Gasteiger partial charge in [0.15, 0.2) is 0 Å². The molecular formula is C17H16ClNO4. The first-order valence-corrected chi connectivity index (χ1v) is 7.55. The van der Waals surface area contributed by atoms with Crippen molar-refractivity contribution in [1.29, 1.82) is 5.26 Å². The Morgan fingerprint density at radius 3 is 2.65 bits per heavy atom. The minimum Gasteiger partial charge on any atom is -0.476 e. The van der Waals surface area contributed by atoms with Gasteiger partial charge >= 0.3 is 12.3 Å². The molecule has 1 N–H and O–H groups in total. The van der Waals surface area contributed by atoms with E-state index in [9.17, 15) is 9.90 Å². The van der Waals surface area contributed by atoms with Crippen LogP contribution >= 0.6 is 11.6 Å². The van der Waals surface area contributed by atoms with Crippen LogP contribution in [0.25, 0.3) is 0 Å². The number of carboxylic acid groups (broad SMARTS) is 1. The lowest BCUT2D eigenvalue weighted by Crippen LogP contribution is -2.30. The third-order valence-corrected chi connectivity index (χ3v) is 3.97. The van der Waals surface area contributed by atoms with Gasteiger partial charge in [-0.15, -0.1) is 11.6 Å². The molecule has 23 heavy (non-hydrogen) atoms. The van der Waals surface area contributed by atoms with Crippen molar-refractivity contribution in [2.45, 2.75) is 19.1 Å². The average Bonchev–Trinajstić information content (AvgIpc) is 2.57. The summed E-state index contributed by atoms with van der Waals surface area (Å²) in [4.78, 5) is 11.3. The number of aliphatic carboxylic acids is 1. The molecule has 0 bridgehead atoms. The van der Waals surface area contributed by atoms with E-state index >= 15 is 0 Å². The second-order valence-electron chi connectivity index (χ2n) is 5.19. The second-order valence-corrected chi connectivity index (χ2v) is 5.46. The highest BCUT2D eigenvalue weighted by Gasteiger charge is 2.29. The van der Waals surface area contributed by atoms with Crippen LogP contribution in [0.1, 0.15) is 12.8 Å². The van der Waals surface area contributed by atoms with Gasteiger partial charge in [0.25, 0.3) is 0 Å². The van der Waals surface area contributed by atoms with Crippen molar-refractivity contribution < 1.29 is 19.4 Å². The topological polar surface area (TPSA) is 79.5 Å². The van der Waals surface area contributed by atoms with Crippen molar-refractivity contribution in [1.82, 2.24) is 0 Å². The number of para-hydroxylation sites is 1. The van der Waals surface area contributed by atoms with Gasteiger partial charge in [-0.3, -0.25) is 0 Å². The van der Waals surface area contributed by atoms with Gasteiger partial charge in [0.1, 0.15) is 11.5 Å². The zero-order valence-electron chi connectivity index (χ0n) is 12.3. The van der Waals surface area contributed by atoms with Gasteiger partial charge in [-0.05, 0) is 30.7 Å². The van der Waals surface area contributed by atoms with Crippen LogP contribution in [0.15, 0.2) is 54.3 Å². The lowest BCUT2D eigenvalue weighted by Gasteiger charge is -2.28. The Bertz CT molecular complexity index is 650. The normalized spacial score (nSPS) is 21.0. The number of hydrogen-bond acceptors (Lipinski definition) is 4. The van der Waals surface area contributed by atoms with Crippen LogP contribution in [0.4, 0.5) is 0 Å². The van der Waals surface area contributed by atoms with Crippen LogP contribution in [0.2, 0.25) is 0 Å². The third-order valence-electron chi connectivity index (χ3n) is 3.44. The van der Waals surface area contributed by atoms with Gasteiger partial charge < -0.3 is 14.6 Å². The maximum Gasteiger partial charge on any atom is 0.387 e. The molecular weight excluding hydrogens is 318 g/mol. The maximum absolute atomic E-state index is 11.3. The number of nitriles is 1. The molecule has 2 unspecified atom stereocenters. The Morgan fingerprint density at radius 1 is 1.39 bits per heavy atom. The Hall–Kier alpha value is -2.45. The predicted molar refractivity (Wildman–Crippen MR) is 84.8 cm³/mol. The summed E-state index contributed by atoms with van der Waals surface area (Å²) in [5.41, 5.74) is -0.428. The first kappa shape index (κ1) is 16.9. The van der Waals surface area contributed by atoms with Crippen LogP contribution in [-0.2, 0) is 9.53 Å². The summed E-state index contributed by atoms with van der Waals surface area (Å²) in [5.74, 6) is -0.134. The highest BCUT2D eigenvalue weighted by Crippen LogP contribution is 2.35. The molecule has 6 heteroatoms. The van der Waals surface area contributed by atoms with Crippen molar-refractivity contribution in [2.24, 2.45) is 5.41 Å². The van der Waals surface area contributed by atoms with Gasteiger partial charge in [-0.1, -0.05) is 24.3 Å². The summed E-state index contributed by atoms with van der Waals surface area (Å²) in [6.07, 6.45) is 4.50. The van der Waals surface area contributed by atoms with Crippen molar-refractivity contribution >= 4 is 17.6 Å². The van der Waals surface area contributed by atoms with Gasteiger partial charge in [0.05, 0.1) is 6.07 Å². The predicted octanol–water partition coefficient (Wildman–Crippen LogP) is 3.48. The molecule has 1 aliphatic carbocycles. The quantitative estimate of drug-likeness (QED) is 0.610. The molecule has 0 spiro atoms. The van der Waals surface area contributed by atoms with E-state index in [0.717, 1.165) is 0 Å². The van der Waals surface area contributed by atoms with Crippen molar-refractivity contribution in [3.05, 3.63) is 54.3 Å². The number of hydrogen-bond donors (Lipinski definition) is 1. The Balaban J connectivity index is 2.04. The van der Waals surface area contributed by atoms with E-state index in [4.69, 9.17) is 26.3 Å². The fraction of sp³-hybridized carbons (Fsp3) is 0.294. The fourth-order valence-corrected chi connectivity index (χ4v) is 2.38. The van der Waals surface area contributed by atoms with Gasteiger partial charge in [0.2, 0.25) is 0 Å². The van der Waals surface area contributed by atoms with Crippen LogP contribution in [0, 0.1) is 16.7 Å². The molecule has 0 aliphatic heterocycles. The molecule has 2 rings (SSSR count). The molecule has 0 amide bonds. The summed E-state index contributed by atoms with van der Waals surface area (Å²) >= 11 is 5.94. The number of ether oxygens (including phenoxy) is 2. The summed E-state index contributed by atoms with van der Waals surface area (Å²) < 4.78 is 10.7. The van der Waals surface area contributed by atoms with E-state index in [-0.39, 0.29) is 0 Å². The van der Waals surface area contributed by atoms with Crippen LogP contribution < -0.4 is 4.74 Å². The summed E-state index contributed by atoms with van der Waals surface area (Å²) in [6.45, 7) is 0. The minimum atomic E-state index is -1.45. The molecule has 1 aromatic rings. The zero-order valence-corrected chi connectivity index (χ0v) is 13.1. The Labute approximate surface area is 139 Å². The molecule has 120 valence electrons. The molecule has 0 saturated heterocycles. The zero-order chi connectivity index (χ0) is 16.7. The van der Waals surface area contributed by atoms with E-state index in [1.165, 1.54) is 0 Å². The molecule has 0 aromatic heterocycles. The Morgan fingerprint density at radius 2 is 2.13 bits per heavy atom. The molecule has 1 aromatic carbocycles. The van der Waals surface area contributed by atoms with E-state index in [2.05, 4.69) is 6.07 Å². The number of nitrogens with zero attached hydrogens (tertiary/aromatic N) is 1. The number of carbonyl (C=O) groups is 1. The number of allylic oxidation sites excluding steroid dienone is 3. The standard InChI is InChI=1S/C17H16ClNO4/c18-12-17(10-11-19)8-6-14(7-9-17)23-16(15(20)21)22-13-4-2-1-3-5-13/h1-8,16H,9-10,12H2,(H,20,21). The minimum absolute atomic E-state index is 0.291. The SMILES string of the molecule is N#CCC1(CCl)C=CC(OC(Oc2ccccc2)C(=O)O)=CC1. The molecule has 2 atom stereocenters. The van der Waals surface area contributed by atoms with E-state index in [1.54, 1.807) is 48.6 Å². The lowest BCUT2D eigenvalue weighted by atomic mass is 9.80. The molecule has 0 saturated carbocycles. The Kier molecular flexibility index (Phi) is 5.67. The van der Waals surface area contributed by atoms with Gasteiger partial charge in [-0.25, -0.2) is 4.79 Å². The van der Waals surface area contributed by atoms with E-state index < -0.39 is 17.7 Å². The van der Waals surface area contributed by atoms with Crippen molar-refractivity contribution in [2.75, 3.05) is 5.88 Å². The number of carboxylic acids is 1.